The summed E-state index contributed by atoms with van der Waals surface area (Å²) in [5, 5.41) is 14.2. The fourth-order valence-electron chi connectivity index (χ4n) is 2.77. The Bertz CT molecular complexity index is 617. The zero-order valence-corrected chi connectivity index (χ0v) is 12.0. The first-order chi connectivity index (χ1) is 10.2. The van der Waals surface area contributed by atoms with Crippen LogP contribution >= 0.6 is 0 Å². The van der Waals surface area contributed by atoms with Crippen LogP contribution in [0.15, 0.2) is 36.7 Å². The quantitative estimate of drug-likeness (QED) is 0.895. The lowest BCUT2D eigenvalue weighted by Gasteiger charge is -2.25. The van der Waals surface area contributed by atoms with Gasteiger partial charge in [-0.2, -0.15) is 0 Å². The van der Waals surface area contributed by atoms with Crippen molar-refractivity contribution in [1.82, 2.24) is 20.3 Å². The number of nitrogens with zero attached hydrogens (tertiary/aromatic N) is 3. The van der Waals surface area contributed by atoms with E-state index >= 15 is 0 Å². The molecule has 1 aliphatic rings. The normalized spacial score (nSPS) is 21.4. The van der Waals surface area contributed by atoms with Crippen molar-refractivity contribution in [3.63, 3.8) is 0 Å². The van der Waals surface area contributed by atoms with Crippen LogP contribution < -0.4 is 10.6 Å². The van der Waals surface area contributed by atoms with Crippen LogP contribution in [0.2, 0.25) is 0 Å². The second-order valence-corrected chi connectivity index (χ2v) is 5.38. The number of carbonyl (C=O) groups excluding carboxylic acids is 1. The number of carbonyl (C=O) groups is 1. The van der Waals surface area contributed by atoms with Crippen LogP contribution in [0, 0.1) is 5.41 Å². The number of aromatic nitrogens is 3. The Kier molecular flexibility index (Phi) is 3.70. The summed E-state index contributed by atoms with van der Waals surface area (Å²) in [5.41, 5.74) is 1.27. The van der Waals surface area contributed by atoms with Gasteiger partial charge in [-0.3, -0.25) is 4.79 Å². The zero-order chi connectivity index (χ0) is 14.7. The number of anilines is 1. The van der Waals surface area contributed by atoms with E-state index in [4.69, 9.17) is 0 Å². The third kappa shape index (κ3) is 2.54. The fourth-order valence-corrected chi connectivity index (χ4v) is 2.77. The standard InChI is InChI=1S/C15H19N5O/c1-2-15(7-8-16-11-15)14(21)18-12-5-3-4-6-13(12)20-10-9-17-19-20/h3-6,9-10,16H,2,7-8,11H2,1H3,(H,18,21). The average molecular weight is 285 g/mol. The fraction of sp³-hybridized carbons (Fsp3) is 0.400. The van der Waals surface area contributed by atoms with Crippen LogP contribution in [0.25, 0.3) is 5.69 Å². The average Bonchev–Trinajstić information content (AvgIpc) is 3.20. The minimum absolute atomic E-state index is 0.0718. The highest BCUT2D eigenvalue weighted by Crippen LogP contribution is 2.31. The van der Waals surface area contributed by atoms with Crippen molar-refractivity contribution in [2.24, 2.45) is 5.41 Å². The van der Waals surface area contributed by atoms with E-state index in [0.29, 0.717) is 0 Å². The Morgan fingerprint density at radius 2 is 2.33 bits per heavy atom. The van der Waals surface area contributed by atoms with Crippen LogP contribution in [0.4, 0.5) is 5.69 Å². The SMILES string of the molecule is CCC1(C(=O)Nc2ccccc2-n2ccnn2)CCNC1. The van der Waals surface area contributed by atoms with E-state index in [1.807, 2.05) is 24.3 Å². The Morgan fingerprint density at radius 1 is 1.48 bits per heavy atom. The van der Waals surface area contributed by atoms with Crippen LogP contribution in [-0.2, 0) is 4.79 Å². The number of benzene rings is 1. The van der Waals surface area contributed by atoms with Gasteiger partial charge in [0, 0.05) is 6.54 Å². The summed E-state index contributed by atoms with van der Waals surface area (Å²) in [5.74, 6) is 0.0718. The summed E-state index contributed by atoms with van der Waals surface area (Å²) < 4.78 is 1.65. The third-order valence-corrected chi connectivity index (χ3v) is 4.22. The molecule has 1 atom stereocenters. The smallest absolute Gasteiger partial charge is 0.231 e. The molecule has 1 unspecified atom stereocenters. The van der Waals surface area contributed by atoms with Crippen molar-refractivity contribution in [2.75, 3.05) is 18.4 Å². The van der Waals surface area contributed by atoms with Gasteiger partial charge >= 0.3 is 0 Å². The molecule has 1 aromatic carbocycles. The monoisotopic (exact) mass is 285 g/mol. The Morgan fingerprint density at radius 3 is 3.00 bits per heavy atom. The van der Waals surface area contributed by atoms with Gasteiger partial charge in [0.2, 0.25) is 5.91 Å². The lowest BCUT2D eigenvalue weighted by atomic mass is 9.83. The molecular weight excluding hydrogens is 266 g/mol. The highest BCUT2D eigenvalue weighted by atomic mass is 16.2. The van der Waals surface area contributed by atoms with Gasteiger partial charge in [-0.05, 0) is 31.5 Å². The first-order valence-corrected chi connectivity index (χ1v) is 7.23. The summed E-state index contributed by atoms with van der Waals surface area (Å²) in [4.78, 5) is 12.7. The van der Waals surface area contributed by atoms with Crippen molar-refractivity contribution in [2.45, 2.75) is 19.8 Å². The van der Waals surface area contributed by atoms with Gasteiger partial charge in [-0.25, -0.2) is 4.68 Å². The highest BCUT2D eigenvalue weighted by Gasteiger charge is 2.39. The van der Waals surface area contributed by atoms with Crippen molar-refractivity contribution >= 4 is 11.6 Å². The van der Waals surface area contributed by atoms with Crippen LogP contribution in [0.5, 0.6) is 0 Å². The van der Waals surface area contributed by atoms with E-state index in [1.165, 1.54) is 0 Å². The second-order valence-electron chi connectivity index (χ2n) is 5.38. The maximum atomic E-state index is 12.7. The molecule has 0 bridgehead atoms. The molecule has 6 heteroatoms. The van der Waals surface area contributed by atoms with Crippen molar-refractivity contribution in [3.05, 3.63) is 36.7 Å². The topological polar surface area (TPSA) is 71.8 Å². The van der Waals surface area contributed by atoms with Crippen LogP contribution in [0.1, 0.15) is 19.8 Å². The lowest BCUT2D eigenvalue weighted by molar-refractivity contribution is -0.124. The van der Waals surface area contributed by atoms with Gasteiger partial charge in [0.05, 0.1) is 29.2 Å². The number of amides is 1. The lowest BCUT2D eigenvalue weighted by Crippen LogP contribution is -2.37. The molecule has 1 aliphatic heterocycles. The summed E-state index contributed by atoms with van der Waals surface area (Å²) in [6.07, 6.45) is 5.09. The van der Waals surface area contributed by atoms with E-state index in [1.54, 1.807) is 17.1 Å². The maximum absolute atomic E-state index is 12.7. The zero-order valence-electron chi connectivity index (χ0n) is 12.0. The summed E-state index contributed by atoms with van der Waals surface area (Å²) in [6, 6.07) is 7.62. The van der Waals surface area contributed by atoms with Gasteiger partial charge in [0.1, 0.15) is 0 Å². The van der Waals surface area contributed by atoms with Crippen LogP contribution in [0.3, 0.4) is 0 Å². The summed E-state index contributed by atoms with van der Waals surface area (Å²) in [7, 11) is 0. The molecule has 0 saturated carbocycles. The first-order valence-electron chi connectivity index (χ1n) is 7.23. The highest BCUT2D eigenvalue weighted by molar-refractivity contribution is 5.97. The molecule has 0 radical (unpaired) electrons. The molecule has 3 rings (SSSR count). The maximum Gasteiger partial charge on any atom is 0.231 e. The summed E-state index contributed by atoms with van der Waals surface area (Å²) >= 11 is 0. The molecule has 0 spiro atoms. The molecule has 1 saturated heterocycles. The largest absolute Gasteiger partial charge is 0.324 e. The van der Waals surface area contributed by atoms with E-state index in [9.17, 15) is 4.79 Å². The van der Waals surface area contributed by atoms with Gasteiger partial charge in [0.25, 0.3) is 0 Å². The molecule has 6 nitrogen and oxygen atoms in total. The van der Waals surface area contributed by atoms with E-state index in [2.05, 4.69) is 27.9 Å². The number of nitrogens with one attached hydrogen (secondary N) is 2. The van der Waals surface area contributed by atoms with E-state index in [-0.39, 0.29) is 11.3 Å². The predicted octanol–water partition coefficient (Wildman–Crippen LogP) is 1.60. The van der Waals surface area contributed by atoms with Crippen molar-refractivity contribution in [3.8, 4) is 5.69 Å². The van der Waals surface area contributed by atoms with Gasteiger partial charge in [-0.15, -0.1) is 5.10 Å². The molecule has 21 heavy (non-hydrogen) atoms. The molecule has 1 aromatic heterocycles. The van der Waals surface area contributed by atoms with E-state index < -0.39 is 0 Å². The minimum Gasteiger partial charge on any atom is -0.324 e. The third-order valence-electron chi connectivity index (χ3n) is 4.22. The molecular formula is C15H19N5O. The minimum atomic E-state index is -0.310. The number of rotatable bonds is 4. The number of hydrogen-bond acceptors (Lipinski definition) is 4. The molecule has 1 amide bonds. The van der Waals surface area contributed by atoms with Crippen molar-refractivity contribution in [1.29, 1.82) is 0 Å². The number of para-hydroxylation sites is 2. The Balaban J connectivity index is 1.87. The molecule has 1 fully saturated rings. The second kappa shape index (κ2) is 5.65. The molecule has 2 aromatic rings. The summed E-state index contributed by atoms with van der Waals surface area (Å²) in [6.45, 7) is 3.70. The van der Waals surface area contributed by atoms with Gasteiger partial charge in [-0.1, -0.05) is 24.3 Å². The van der Waals surface area contributed by atoms with Gasteiger partial charge in [0.15, 0.2) is 0 Å². The molecule has 2 heterocycles. The molecule has 110 valence electrons. The Labute approximate surface area is 123 Å². The number of hydrogen-bond donors (Lipinski definition) is 2. The van der Waals surface area contributed by atoms with Crippen molar-refractivity contribution < 1.29 is 4.79 Å². The predicted molar refractivity (Wildman–Crippen MR) is 80.2 cm³/mol. The Hall–Kier alpha value is -2.21. The van der Waals surface area contributed by atoms with E-state index in [0.717, 1.165) is 37.3 Å². The molecule has 0 aliphatic carbocycles. The molecule has 2 N–H and O–H groups in total. The first kappa shape index (κ1) is 13.8. The van der Waals surface area contributed by atoms with Gasteiger partial charge < -0.3 is 10.6 Å². The van der Waals surface area contributed by atoms with Crippen LogP contribution in [-0.4, -0.2) is 34.0 Å².